The van der Waals surface area contributed by atoms with Gasteiger partial charge < -0.3 is 11.1 Å². The molecule has 1 rings (SSSR count). The van der Waals surface area contributed by atoms with Crippen LogP contribution in [0.25, 0.3) is 0 Å². The minimum absolute atomic E-state index is 0.0334. The lowest BCUT2D eigenvalue weighted by molar-refractivity contribution is -0.124. The third-order valence-corrected chi connectivity index (χ3v) is 4.50. The first-order chi connectivity index (χ1) is 7.95. The molecule has 3 heteroatoms. The first-order valence-electron chi connectivity index (χ1n) is 7.01. The quantitative estimate of drug-likeness (QED) is 0.792. The van der Waals surface area contributed by atoms with E-state index in [1.807, 2.05) is 6.92 Å². The van der Waals surface area contributed by atoms with E-state index in [0.29, 0.717) is 12.0 Å². The summed E-state index contributed by atoms with van der Waals surface area (Å²) in [5.41, 5.74) is 5.94. The highest BCUT2D eigenvalue weighted by molar-refractivity contribution is 5.82. The molecule has 0 aromatic heterocycles. The van der Waals surface area contributed by atoms with Crippen molar-refractivity contribution >= 4 is 5.91 Å². The minimum Gasteiger partial charge on any atom is -0.352 e. The van der Waals surface area contributed by atoms with Crippen LogP contribution in [0.2, 0.25) is 0 Å². The second kappa shape index (κ2) is 6.39. The van der Waals surface area contributed by atoms with E-state index in [1.54, 1.807) is 0 Å². The highest BCUT2D eigenvalue weighted by Gasteiger charge is 2.27. The lowest BCUT2D eigenvalue weighted by Crippen LogP contribution is -2.49. The Morgan fingerprint density at radius 1 is 1.35 bits per heavy atom. The molecule has 5 atom stereocenters. The number of carbonyl (C=O) groups excluding carboxylic acids is 1. The van der Waals surface area contributed by atoms with Gasteiger partial charge in [0.15, 0.2) is 0 Å². The van der Waals surface area contributed by atoms with Crippen molar-refractivity contribution in [3.05, 3.63) is 0 Å². The molecule has 0 aromatic rings. The molecule has 1 fully saturated rings. The molecule has 3 nitrogen and oxygen atoms in total. The third kappa shape index (κ3) is 3.98. The van der Waals surface area contributed by atoms with Crippen molar-refractivity contribution < 1.29 is 4.79 Å². The Bertz CT molecular complexity index is 255. The van der Waals surface area contributed by atoms with E-state index in [0.717, 1.165) is 25.2 Å². The highest BCUT2D eigenvalue weighted by atomic mass is 16.2. The Balaban J connectivity index is 2.41. The van der Waals surface area contributed by atoms with Crippen molar-refractivity contribution in [2.45, 2.75) is 65.5 Å². The zero-order valence-corrected chi connectivity index (χ0v) is 11.7. The van der Waals surface area contributed by atoms with Crippen molar-refractivity contribution in [2.75, 3.05) is 0 Å². The van der Waals surface area contributed by atoms with Gasteiger partial charge in [-0.1, -0.05) is 34.1 Å². The highest BCUT2D eigenvalue weighted by Crippen LogP contribution is 2.29. The van der Waals surface area contributed by atoms with E-state index in [2.05, 4.69) is 26.1 Å². The fourth-order valence-corrected chi connectivity index (χ4v) is 2.49. The van der Waals surface area contributed by atoms with Crippen LogP contribution in [0, 0.1) is 17.8 Å². The first kappa shape index (κ1) is 14.5. The largest absolute Gasteiger partial charge is 0.352 e. The molecule has 1 saturated carbocycles. The van der Waals surface area contributed by atoms with Crippen LogP contribution in [-0.2, 0) is 4.79 Å². The molecule has 1 amide bonds. The van der Waals surface area contributed by atoms with Crippen LogP contribution in [-0.4, -0.2) is 18.0 Å². The van der Waals surface area contributed by atoms with E-state index < -0.39 is 0 Å². The van der Waals surface area contributed by atoms with Crippen molar-refractivity contribution in [1.29, 1.82) is 0 Å². The van der Waals surface area contributed by atoms with Crippen LogP contribution in [0.5, 0.6) is 0 Å². The Morgan fingerprint density at radius 3 is 2.53 bits per heavy atom. The number of nitrogens with one attached hydrogen (secondary N) is 1. The average Bonchev–Trinajstić information content (AvgIpc) is 2.31. The minimum atomic E-state index is -0.352. The van der Waals surface area contributed by atoms with Crippen LogP contribution < -0.4 is 11.1 Å². The molecular weight excluding hydrogens is 212 g/mol. The van der Waals surface area contributed by atoms with E-state index >= 15 is 0 Å². The predicted octanol–water partition coefficient (Wildman–Crippen LogP) is 2.30. The molecular formula is C14H28N2O. The summed E-state index contributed by atoms with van der Waals surface area (Å²) in [5, 5.41) is 3.12. The maximum absolute atomic E-state index is 12.0. The summed E-state index contributed by atoms with van der Waals surface area (Å²) < 4.78 is 0. The van der Waals surface area contributed by atoms with Gasteiger partial charge in [-0.25, -0.2) is 0 Å². The second-order valence-corrected chi connectivity index (χ2v) is 5.88. The molecule has 0 radical (unpaired) electrons. The smallest absolute Gasteiger partial charge is 0.237 e. The Kier molecular flexibility index (Phi) is 5.44. The summed E-state index contributed by atoms with van der Waals surface area (Å²) in [7, 11) is 0. The van der Waals surface area contributed by atoms with Gasteiger partial charge in [0, 0.05) is 6.04 Å². The molecule has 0 aliphatic heterocycles. The Labute approximate surface area is 106 Å². The van der Waals surface area contributed by atoms with Gasteiger partial charge in [0.2, 0.25) is 5.91 Å². The van der Waals surface area contributed by atoms with Gasteiger partial charge in [-0.15, -0.1) is 0 Å². The maximum atomic E-state index is 12.0. The van der Waals surface area contributed by atoms with Crippen LogP contribution in [0.3, 0.4) is 0 Å². The molecule has 0 spiro atoms. The van der Waals surface area contributed by atoms with E-state index in [1.165, 1.54) is 6.42 Å². The normalized spacial score (nSPS) is 32.9. The maximum Gasteiger partial charge on any atom is 0.237 e. The molecule has 0 heterocycles. The molecule has 0 aromatic carbocycles. The van der Waals surface area contributed by atoms with Crippen LogP contribution >= 0.6 is 0 Å². The molecule has 5 unspecified atom stereocenters. The summed E-state index contributed by atoms with van der Waals surface area (Å²) in [6.45, 7) is 8.68. The topological polar surface area (TPSA) is 55.1 Å². The standard InChI is InChI=1S/C14H28N2O/c1-5-9(2)13(15)14(17)16-12-7-6-10(3)11(4)8-12/h9-13H,5-8,15H2,1-4H3,(H,16,17). The van der Waals surface area contributed by atoms with Crippen LogP contribution in [0.15, 0.2) is 0 Å². The second-order valence-electron chi connectivity index (χ2n) is 5.88. The average molecular weight is 240 g/mol. The molecule has 0 bridgehead atoms. The summed E-state index contributed by atoms with van der Waals surface area (Å²) in [6.07, 6.45) is 4.36. The fraction of sp³-hybridized carbons (Fsp3) is 0.929. The number of amides is 1. The van der Waals surface area contributed by atoms with Gasteiger partial charge in [-0.05, 0) is 37.0 Å². The number of hydrogen-bond donors (Lipinski definition) is 2. The lowest BCUT2D eigenvalue weighted by atomic mass is 9.79. The summed E-state index contributed by atoms with van der Waals surface area (Å²) >= 11 is 0. The van der Waals surface area contributed by atoms with E-state index in [-0.39, 0.29) is 17.9 Å². The molecule has 17 heavy (non-hydrogen) atoms. The predicted molar refractivity (Wildman–Crippen MR) is 71.5 cm³/mol. The third-order valence-electron chi connectivity index (χ3n) is 4.50. The van der Waals surface area contributed by atoms with Gasteiger partial charge in [0.1, 0.15) is 0 Å². The van der Waals surface area contributed by atoms with Gasteiger partial charge in [0.05, 0.1) is 6.04 Å². The van der Waals surface area contributed by atoms with Crippen molar-refractivity contribution in [3.63, 3.8) is 0 Å². The van der Waals surface area contributed by atoms with Crippen LogP contribution in [0.4, 0.5) is 0 Å². The van der Waals surface area contributed by atoms with E-state index in [4.69, 9.17) is 5.73 Å². The molecule has 100 valence electrons. The monoisotopic (exact) mass is 240 g/mol. The number of rotatable bonds is 4. The first-order valence-corrected chi connectivity index (χ1v) is 7.01. The van der Waals surface area contributed by atoms with Gasteiger partial charge >= 0.3 is 0 Å². The molecule has 1 aliphatic rings. The summed E-state index contributed by atoms with van der Waals surface area (Å²) in [4.78, 5) is 12.0. The Morgan fingerprint density at radius 2 is 2.00 bits per heavy atom. The summed E-state index contributed by atoms with van der Waals surface area (Å²) in [5.74, 6) is 1.78. The van der Waals surface area contributed by atoms with Gasteiger partial charge in [-0.3, -0.25) is 4.79 Å². The van der Waals surface area contributed by atoms with E-state index in [9.17, 15) is 4.79 Å². The van der Waals surface area contributed by atoms with Crippen molar-refractivity contribution in [1.82, 2.24) is 5.32 Å². The summed E-state index contributed by atoms with van der Waals surface area (Å²) in [6, 6.07) is -0.0153. The lowest BCUT2D eigenvalue weighted by Gasteiger charge is -2.33. The fourth-order valence-electron chi connectivity index (χ4n) is 2.49. The molecule has 0 saturated heterocycles. The van der Waals surface area contributed by atoms with Gasteiger partial charge in [-0.2, -0.15) is 0 Å². The zero-order valence-electron chi connectivity index (χ0n) is 11.7. The molecule has 1 aliphatic carbocycles. The van der Waals surface area contributed by atoms with Crippen molar-refractivity contribution in [3.8, 4) is 0 Å². The van der Waals surface area contributed by atoms with Crippen LogP contribution in [0.1, 0.15) is 53.4 Å². The zero-order chi connectivity index (χ0) is 13.0. The number of hydrogen-bond acceptors (Lipinski definition) is 2. The Hall–Kier alpha value is -0.570. The van der Waals surface area contributed by atoms with Crippen molar-refractivity contribution in [2.24, 2.45) is 23.5 Å². The van der Waals surface area contributed by atoms with Gasteiger partial charge in [0.25, 0.3) is 0 Å². The number of carbonyl (C=O) groups is 1. The SMILES string of the molecule is CCC(C)C(N)C(=O)NC1CCC(C)C(C)C1. The number of nitrogens with two attached hydrogens (primary N) is 1. The molecule has 3 N–H and O–H groups in total.